The van der Waals surface area contributed by atoms with E-state index >= 15 is 0 Å². The summed E-state index contributed by atoms with van der Waals surface area (Å²) in [5.74, 6) is 0.207. The average molecular weight is 262 g/mol. The van der Waals surface area contributed by atoms with Crippen LogP contribution >= 0.6 is 0 Å². The number of nitrogens with zero attached hydrogens (tertiary/aromatic N) is 1. The molecule has 0 spiro atoms. The van der Waals surface area contributed by atoms with Crippen molar-refractivity contribution in [3.63, 3.8) is 0 Å². The van der Waals surface area contributed by atoms with Crippen molar-refractivity contribution in [2.75, 3.05) is 12.8 Å². The van der Waals surface area contributed by atoms with Crippen LogP contribution in [0.1, 0.15) is 46.5 Å². The maximum atomic E-state index is 12.2. The van der Waals surface area contributed by atoms with Gasteiger partial charge >= 0.3 is 0 Å². The molecule has 4 nitrogen and oxygen atoms in total. The first kappa shape index (κ1) is 14.9. The van der Waals surface area contributed by atoms with Crippen molar-refractivity contribution in [3.8, 4) is 0 Å². The highest BCUT2D eigenvalue weighted by Gasteiger charge is 2.32. The molecule has 1 aliphatic rings. The van der Waals surface area contributed by atoms with Crippen LogP contribution in [0, 0.1) is 5.41 Å². The maximum absolute atomic E-state index is 12.2. The van der Waals surface area contributed by atoms with Gasteiger partial charge in [0.2, 0.25) is 10.0 Å². The molecule has 0 radical (unpaired) electrons. The zero-order chi connectivity index (χ0) is 13.3. The predicted octanol–water partition coefficient (Wildman–Crippen LogP) is 1.56. The second-order valence-corrected chi connectivity index (χ2v) is 8.43. The predicted molar refractivity (Wildman–Crippen MR) is 71.2 cm³/mol. The molecule has 0 unspecified atom stereocenters. The maximum Gasteiger partial charge on any atom is 0.214 e. The van der Waals surface area contributed by atoms with E-state index in [1.165, 1.54) is 0 Å². The monoisotopic (exact) mass is 262 g/mol. The SMILES string of the molecule is CN(C1CCC(N)CC1)S(=O)(=O)CC(C)(C)C. The second-order valence-electron chi connectivity index (χ2n) is 6.40. The van der Waals surface area contributed by atoms with Crippen molar-refractivity contribution in [3.05, 3.63) is 0 Å². The van der Waals surface area contributed by atoms with Crippen LogP contribution in [0.25, 0.3) is 0 Å². The fraction of sp³-hybridized carbons (Fsp3) is 1.00. The number of nitrogens with two attached hydrogens (primary N) is 1. The Morgan fingerprint density at radius 2 is 1.65 bits per heavy atom. The first-order chi connectivity index (χ1) is 7.62. The molecule has 0 saturated heterocycles. The van der Waals surface area contributed by atoms with E-state index in [2.05, 4.69) is 0 Å². The fourth-order valence-corrected chi connectivity index (χ4v) is 4.30. The highest BCUT2D eigenvalue weighted by Crippen LogP contribution is 2.25. The number of sulfonamides is 1. The summed E-state index contributed by atoms with van der Waals surface area (Å²) in [5, 5.41) is 0. The lowest BCUT2D eigenvalue weighted by Gasteiger charge is -2.34. The van der Waals surface area contributed by atoms with E-state index in [0.717, 1.165) is 25.7 Å². The van der Waals surface area contributed by atoms with Crippen molar-refractivity contribution in [1.82, 2.24) is 4.31 Å². The summed E-state index contributed by atoms with van der Waals surface area (Å²) in [6.07, 6.45) is 3.64. The smallest absolute Gasteiger partial charge is 0.214 e. The Labute approximate surface area is 106 Å². The van der Waals surface area contributed by atoms with Crippen molar-refractivity contribution >= 4 is 10.0 Å². The minimum absolute atomic E-state index is 0.141. The molecular formula is C12H26N2O2S. The molecule has 0 aromatic rings. The molecular weight excluding hydrogens is 236 g/mol. The molecule has 0 heterocycles. The molecule has 5 heteroatoms. The molecule has 1 fully saturated rings. The Morgan fingerprint density at radius 1 is 1.18 bits per heavy atom. The number of rotatable bonds is 3. The number of hydrogen-bond donors (Lipinski definition) is 1. The molecule has 0 aromatic heterocycles. The van der Waals surface area contributed by atoms with Gasteiger partial charge in [-0.1, -0.05) is 20.8 Å². The summed E-state index contributed by atoms with van der Waals surface area (Å²) in [5.41, 5.74) is 5.64. The van der Waals surface area contributed by atoms with Gasteiger partial charge in [-0.2, -0.15) is 0 Å². The lowest BCUT2D eigenvalue weighted by atomic mass is 9.92. The third kappa shape index (κ3) is 4.56. The Balaban J connectivity index is 2.66. The zero-order valence-corrected chi connectivity index (χ0v) is 12.3. The van der Waals surface area contributed by atoms with Crippen molar-refractivity contribution in [2.45, 2.75) is 58.5 Å². The topological polar surface area (TPSA) is 63.4 Å². The molecule has 1 rings (SSSR count). The molecule has 0 amide bonds. The Morgan fingerprint density at radius 3 is 2.06 bits per heavy atom. The Kier molecular flexibility index (Phi) is 4.60. The van der Waals surface area contributed by atoms with Gasteiger partial charge in [-0.3, -0.25) is 0 Å². The summed E-state index contributed by atoms with van der Waals surface area (Å²) >= 11 is 0. The van der Waals surface area contributed by atoms with Gasteiger partial charge in [0.05, 0.1) is 5.75 Å². The van der Waals surface area contributed by atoms with Crippen molar-refractivity contribution < 1.29 is 8.42 Å². The van der Waals surface area contributed by atoms with Gasteiger partial charge in [0, 0.05) is 19.1 Å². The van der Waals surface area contributed by atoms with Gasteiger partial charge in [0.1, 0.15) is 0 Å². The van der Waals surface area contributed by atoms with Crippen LogP contribution < -0.4 is 5.73 Å². The van der Waals surface area contributed by atoms with Gasteiger partial charge in [0.15, 0.2) is 0 Å². The lowest BCUT2D eigenvalue weighted by molar-refractivity contribution is 0.265. The zero-order valence-electron chi connectivity index (χ0n) is 11.4. The second kappa shape index (κ2) is 5.24. The molecule has 1 aliphatic carbocycles. The van der Waals surface area contributed by atoms with Crippen LogP contribution in [-0.4, -0.2) is 37.6 Å². The summed E-state index contributed by atoms with van der Waals surface area (Å²) in [6, 6.07) is 0.395. The van der Waals surface area contributed by atoms with Gasteiger partial charge in [-0.25, -0.2) is 12.7 Å². The highest BCUT2D eigenvalue weighted by atomic mass is 32.2. The molecule has 0 bridgehead atoms. The minimum Gasteiger partial charge on any atom is -0.328 e. The summed E-state index contributed by atoms with van der Waals surface area (Å²) in [6.45, 7) is 5.86. The lowest BCUT2D eigenvalue weighted by Crippen LogP contribution is -2.44. The third-order valence-electron chi connectivity index (χ3n) is 3.31. The molecule has 17 heavy (non-hydrogen) atoms. The molecule has 1 saturated carbocycles. The Hall–Kier alpha value is -0.130. The molecule has 0 atom stereocenters. The average Bonchev–Trinajstić information content (AvgIpc) is 2.14. The van der Waals surface area contributed by atoms with E-state index in [-0.39, 0.29) is 23.3 Å². The van der Waals surface area contributed by atoms with Crippen molar-refractivity contribution in [2.24, 2.45) is 11.1 Å². The molecule has 102 valence electrons. The standard InChI is InChI=1S/C12H26N2O2S/c1-12(2,3)9-17(15,16)14(4)11-7-5-10(13)6-8-11/h10-11H,5-9,13H2,1-4H3. The van der Waals surface area contributed by atoms with Gasteiger partial charge in [0.25, 0.3) is 0 Å². The molecule has 2 N–H and O–H groups in total. The number of hydrogen-bond acceptors (Lipinski definition) is 3. The first-order valence-electron chi connectivity index (χ1n) is 6.33. The van der Waals surface area contributed by atoms with E-state index in [4.69, 9.17) is 5.73 Å². The van der Waals surface area contributed by atoms with Crippen LogP contribution in [0.4, 0.5) is 0 Å². The van der Waals surface area contributed by atoms with E-state index in [1.807, 2.05) is 20.8 Å². The molecule has 0 aliphatic heterocycles. The van der Waals surface area contributed by atoms with Crippen LogP contribution in [0.5, 0.6) is 0 Å². The highest BCUT2D eigenvalue weighted by molar-refractivity contribution is 7.89. The van der Waals surface area contributed by atoms with Gasteiger partial charge in [-0.05, 0) is 31.1 Å². The van der Waals surface area contributed by atoms with Gasteiger partial charge in [-0.15, -0.1) is 0 Å². The van der Waals surface area contributed by atoms with Crippen LogP contribution in [0.2, 0.25) is 0 Å². The van der Waals surface area contributed by atoms with E-state index < -0.39 is 10.0 Å². The third-order valence-corrected chi connectivity index (χ3v) is 5.72. The molecule has 0 aromatic carbocycles. The van der Waals surface area contributed by atoms with E-state index in [9.17, 15) is 8.42 Å². The van der Waals surface area contributed by atoms with Crippen LogP contribution in [0.15, 0.2) is 0 Å². The van der Waals surface area contributed by atoms with Crippen molar-refractivity contribution in [1.29, 1.82) is 0 Å². The largest absolute Gasteiger partial charge is 0.328 e. The normalized spacial score (nSPS) is 27.4. The van der Waals surface area contributed by atoms with Crippen LogP contribution in [-0.2, 0) is 10.0 Å². The quantitative estimate of drug-likeness (QED) is 0.839. The van der Waals surface area contributed by atoms with Crippen LogP contribution in [0.3, 0.4) is 0 Å². The summed E-state index contributed by atoms with van der Waals surface area (Å²) in [4.78, 5) is 0. The van der Waals surface area contributed by atoms with E-state index in [0.29, 0.717) is 0 Å². The summed E-state index contributed by atoms with van der Waals surface area (Å²) in [7, 11) is -1.43. The Bertz CT molecular complexity index is 338. The van der Waals surface area contributed by atoms with E-state index in [1.54, 1.807) is 11.4 Å². The minimum atomic E-state index is -3.14. The summed E-state index contributed by atoms with van der Waals surface area (Å²) < 4.78 is 26.0. The first-order valence-corrected chi connectivity index (χ1v) is 7.94. The fourth-order valence-electron chi connectivity index (χ4n) is 2.34. The van der Waals surface area contributed by atoms with Gasteiger partial charge < -0.3 is 5.73 Å².